The van der Waals surface area contributed by atoms with Gasteiger partial charge in [0.05, 0.1) is 30.5 Å². The highest BCUT2D eigenvalue weighted by molar-refractivity contribution is 7.00. The van der Waals surface area contributed by atoms with E-state index in [0.29, 0.717) is 17.7 Å². The largest absolute Gasteiger partial charge is 0.355 e. The molecule has 0 bridgehead atoms. The van der Waals surface area contributed by atoms with Gasteiger partial charge in [-0.05, 0) is 25.6 Å². The van der Waals surface area contributed by atoms with Crippen LogP contribution in [0.3, 0.4) is 0 Å². The SMILES string of the molecule is CCCNC(=O)CN(C)CC(=O)Nc1cccc2nsnc12. The Balaban J connectivity index is 1.87. The van der Waals surface area contributed by atoms with E-state index in [4.69, 9.17) is 0 Å². The van der Waals surface area contributed by atoms with Gasteiger partial charge in [0.25, 0.3) is 0 Å². The van der Waals surface area contributed by atoms with E-state index in [1.807, 2.05) is 19.1 Å². The van der Waals surface area contributed by atoms with Gasteiger partial charge in [0, 0.05) is 6.54 Å². The van der Waals surface area contributed by atoms with E-state index in [1.54, 1.807) is 18.0 Å². The van der Waals surface area contributed by atoms with Crippen LogP contribution in [-0.2, 0) is 9.59 Å². The van der Waals surface area contributed by atoms with Gasteiger partial charge in [-0.25, -0.2) is 0 Å². The van der Waals surface area contributed by atoms with Crippen molar-refractivity contribution in [2.24, 2.45) is 0 Å². The van der Waals surface area contributed by atoms with Crippen molar-refractivity contribution in [3.05, 3.63) is 18.2 Å². The molecule has 0 fully saturated rings. The molecule has 0 unspecified atom stereocenters. The van der Waals surface area contributed by atoms with Crippen molar-refractivity contribution in [2.45, 2.75) is 13.3 Å². The van der Waals surface area contributed by atoms with Crippen LogP contribution in [0.4, 0.5) is 5.69 Å². The number of carbonyl (C=O) groups excluding carboxylic acids is 2. The summed E-state index contributed by atoms with van der Waals surface area (Å²) >= 11 is 1.11. The Morgan fingerprint density at radius 3 is 2.77 bits per heavy atom. The first kappa shape index (κ1) is 16.3. The van der Waals surface area contributed by atoms with Crippen LogP contribution < -0.4 is 10.6 Å². The number of rotatable bonds is 7. The first-order valence-corrected chi connectivity index (χ1v) is 7.79. The first-order valence-electron chi connectivity index (χ1n) is 7.06. The molecule has 2 aromatic rings. The molecule has 0 aliphatic heterocycles. The van der Waals surface area contributed by atoms with Crippen molar-refractivity contribution in [1.29, 1.82) is 0 Å². The van der Waals surface area contributed by atoms with Crippen LogP contribution in [0.5, 0.6) is 0 Å². The summed E-state index contributed by atoms with van der Waals surface area (Å²) in [6.45, 7) is 2.96. The van der Waals surface area contributed by atoms with Crippen molar-refractivity contribution in [3.8, 4) is 0 Å². The van der Waals surface area contributed by atoms with Gasteiger partial charge in [0.2, 0.25) is 11.8 Å². The predicted molar refractivity (Wildman–Crippen MR) is 86.8 cm³/mol. The van der Waals surface area contributed by atoms with Crippen LogP contribution in [-0.4, -0.2) is 52.1 Å². The molecule has 2 amide bonds. The monoisotopic (exact) mass is 321 g/mol. The number of nitrogens with one attached hydrogen (secondary N) is 2. The van der Waals surface area contributed by atoms with Crippen LogP contribution in [0.2, 0.25) is 0 Å². The van der Waals surface area contributed by atoms with Crippen molar-refractivity contribution < 1.29 is 9.59 Å². The second-order valence-electron chi connectivity index (χ2n) is 5.01. The van der Waals surface area contributed by atoms with Crippen LogP contribution in [0.15, 0.2) is 18.2 Å². The Morgan fingerprint density at radius 1 is 1.23 bits per heavy atom. The van der Waals surface area contributed by atoms with Crippen molar-refractivity contribution in [2.75, 3.05) is 32.0 Å². The Labute approximate surface area is 133 Å². The molecule has 22 heavy (non-hydrogen) atoms. The third-order valence-electron chi connectivity index (χ3n) is 2.96. The van der Waals surface area contributed by atoms with Crippen LogP contribution in [0, 0.1) is 0 Å². The summed E-state index contributed by atoms with van der Waals surface area (Å²) in [6, 6.07) is 5.45. The maximum absolute atomic E-state index is 12.1. The molecule has 8 heteroatoms. The van der Waals surface area contributed by atoms with Gasteiger partial charge in [-0.3, -0.25) is 14.5 Å². The highest BCUT2D eigenvalue weighted by Gasteiger charge is 2.12. The van der Waals surface area contributed by atoms with E-state index >= 15 is 0 Å². The molecule has 0 aliphatic carbocycles. The first-order chi connectivity index (χ1) is 10.6. The molecule has 0 aliphatic rings. The summed E-state index contributed by atoms with van der Waals surface area (Å²) in [4.78, 5) is 25.3. The number of fused-ring (bicyclic) bond motifs is 1. The van der Waals surface area contributed by atoms with Gasteiger partial charge >= 0.3 is 0 Å². The number of benzene rings is 1. The number of nitrogens with zero attached hydrogens (tertiary/aromatic N) is 3. The topological polar surface area (TPSA) is 87.2 Å². The highest BCUT2D eigenvalue weighted by atomic mass is 32.1. The average molecular weight is 321 g/mol. The Kier molecular flexibility index (Phi) is 5.79. The molecule has 2 rings (SSSR count). The van der Waals surface area contributed by atoms with Crippen LogP contribution >= 0.6 is 11.7 Å². The fourth-order valence-electron chi connectivity index (χ4n) is 1.96. The minimum atomic E-state index is -0.189. The molecule has 0 saturated carbocycles. The second-order valence-corrected chi connectivity index (χ2v) is 5.54. The molecule has 1 aromatic heterocycles. The van der Waals surface area contributed by atoms with Crippen molar-refractivity contribution >= 4 is 40.3 Å². The lowest BCUT2D eigenvalue weighted by atomic mass is 10.2. The van der Waals surface area contributed by atoms with Gasteiger partial charge in [-0.1, -0.05) is 13.0 Å². The van der Waals surface area contributed by atoms with Gasteiger partial charge in [0.1, 0.15) is 11.0 Å². The fourth-order valence-corrected chi connectivity index (χ4v) is 2.51. The van der Waals surface area contributed by atoms with E-state index in [9.17, 15) is 9.59 Å². The molecule has 1 heterocycles. The summed E-state index contributed by atoms with van der Waals surface area (Å²) in [5.41, 5.74) is 2.08. The number of carbonyl (C=O) groups is 2. The predicted octanol–water partition coefficient (Wildman–Crippen LogP) is 1.09. The Morgan fingerprint density at radius 2 is 2.00 bits per heavy atom. The zero-order valence-electron chi connectivity index (χ0n) is 12.6. The maximum Gasteiger partial charge on any atom is 0.238 e. The molecule has 0 spiro atoms. The van der Waals surface area contributed by atoms with Crippen molar-refractivity contribution in [1.82, 2.24) is 19.0 Å². The summed E-state index contributed by atoms with van der Waals surface area (Å²) in [5.74, 6) is -0.269. The van der Waals surface area contributed by atoms with E-state index in [1.165, 1.54) is 0 Å². The summed E-state index contributed by atoms with van der Waals surface area (Å²) in [5, 5.41) is 5.59. The molecule has 0 radical (unpaired) electrons. The standard InChI is InChI=1S/C14H19N5O2S/c1-3-7-15-12(20)8-19(2)9-13(21)16-10-5-4-6-11-14(10)18-22-17-11/h4-6H,3,7-9H2,1-2H3,(H,15,20)(H,16,21). The number of likely N-dealkylation sites (N-methyl/N-ethyl adjacent to an activating group) is 1. The molecule has 7 nitrogen and oxygen atoms in total. The normalized spacial score (nSPS) is 10.9. The number of aromatic nitrogens is 2. The minimum Gasteiger partial charge on any atom is -0.355 e. The Hall–Kier alpha value is -2.06. The summed E-state index contributed by atoms with van der Waals surface area (Å²) < 4.78 is 8.30. The van der Waals surface area contributed by atoms with E-state index < -0.39 is 0 Å². The quantitative estimate of drug-likeness (QED) is 0.797. The number of anilines is 1. The highest BCUT2D eigenvalue weighted by Crippen LogP contribution is 2.20. The molecular formula is C14H19N5O2S. The van der Waals surface area contributed by atoms with Gasteiger partial charge in [-0.15, -0.1) is 0 Å². The third-order valence-corrected chi connectivity index (χ3v) is 3.50. The van der Waals surface area contributed by atoms with Crippen LogP contribution in [0.1, 0.15) is 13.3 Å². The maximum atomic E-state index is 12.1. The summed E-state index contributed by atoms with van der Waals surface area (Å²) in [6.07, 6.45) is 0.890. The lowest BCUT2D eigenvalue weighted by Gasteiger charge is -2.15. The van der Waals surface area contributed by atoms with Crippen LogP contribution in [0.25, 0.3) is 11.0 Å². The second kappa shape index (κ2) is 7.81. The van der Waals surface area contributed by atoms with Crippen molar-refractivity contribution in [3.63, 3.8) is 0 Å². The minimum absolute atomic E-state index is 0.0806. The van der Waals surface area contributed by atoms with Gasteiger partial charge in [-0.2, -0.15) is 8.75 Å². The lowest BCUT2D eigenvalue weighted by Crippen LogP contribution is -2.39. The van der Waals surface area contributed by atoms with E-state index in [-0.39, 0.29) is 24.9 Å². The zero-order chi connectivity index (χ0) is 15.9. The average Bonchev–Trinajstić information content (AvgIpc) is 2.94. The van der Waals surface area contributed by atoms with E-state index in [0.717, 1.165) is 23.7 Å². The number of amides is 2. The smallest absolute Gasteiger partial charge is 0.238 e. The molecule has 2 N–H and O–H groups in total. The molecule has 118 valence electrons. The Bertz CT molecular complexity index is 657. The zero-order valence-corrected chi connectivity index (χ0v) is 13.4. The number of hydrogen-bond donors (Lipinski definition) is 2. The lowest BCUT2D eigenvalue weighted by molar-refractivity contribution is -0.122. The molecular weight excluding hydrogens is 302 g/mol. The molecule has 1 aromatic carbocycles. The summed E-state index contributed by atoms with van der Waals surface area (Å²) in [7, 11) is 1.73. The van der Waals surface area contributed by atoms with Gasteiger partial charge in [0.15, 0.2) is 0 Å². The number of hydrogen-bond acceptors (Lipinski definition) is 6. The van der Waals surface area contributed by atoms with Gasteiger partial charge < -0.3 is 10.6 Å². The fraction of sp³-hybridized carbons (Fsp3) is 0.429. The third kappa shape index (κ3) is 4.47. The molecule has 0 saturated heterocycles. The van der Waals surface area contributed by atoms with E-state index in [2.05, 4.69) is 19.4 Å². The molecule has 0 atom stereocenters.